The van der Waals surface area contributed by atoms with E-state index in [0.717, 1.165) is 36.5 Å². The number of nitrogens with zero attached hydrogens (tertiary/aromatic N) is 3. The molecule has 4 heterocycles. The number of hydrogen-bond acceptors (Lipinski definition) is 4. The molecule has 6 nitrogen and oxygen atoms in total. The molecule has 2 aliphatic heterocycles. The molecule has 0 radical (unpaired) electrons. The van der Waals surface area contributed by atoms with Crippen LogP contribution in [0.25, 0.3) is 5.65 Å². The smallest absolute Gasteiger partial charge is 0.274 e. The third-order valence-electron chi connectivity index (χ3n) is 7.08. The van der Waals surface area contributed by atoms with Gasteiger partial charge in [0.1, 0.15) is 24.6 Å². The number of ether oxygens (including phenoxy) is 2. The van der Waals surface area contributed by atoms with E-state index >= 15 is 0 Å². The molecule has 0 bridgehead atoms. The summed E-state index contributed by atoms with van der Waals surface area (Å²) in [5.41, 5.74) is 3.82. The van der Waals surface area contributed by atoms with Crippen molar-refractivity contribution in [2.24, 2.45) is 0 Å². The molecule has 2 aromatic heterocycles. The second kappa shape index (κ2) is 6.49. The van der Waals surface area contributed by atoms with Crippen LogP contribution in [0.4, 0.5) is 0 Å². The maximum atomic E-state index is 13.6. The van der Waals surface area contributed by atoms with Crippen molar-refractivity contribution in [2.45, 2.75) is 44.1 Å². The molecule has 1 saturated carbocycles. The molecule has 6 heteroatoms. The molecule has 1 aliphatic carbocycles. The minimum atomic E-state index is -0.0423. The van der Waals surface area contributed by atoms with E-state index in [1.54, 1.807) is 0 Å². The first-order chi connectivity index (χ1) is 14.6. The molecule has 1 aromatic carbocycles. The van der Waals surface area contributed by atoms with Gasteiger partial charge in [-0.25, -0.2) is 4.98 Å². The summed E-state index contributed by atoms with van der Waals surface area (Å²) >= 11 is 0. The summed E-state index contributed by atoms with van der Waals surface area (Å²) < 4.78 is 13.7. The number of fused-ring (bicyclic) bond motifs is 4. The zero-order chi connectivity index (χ0) is 20.3. The van der Waals surface area contributed by atoms with Crippen molar-refractivity contribution < 1.29 is 14.3 Å². The lowest BCUT2D eigenvalue weighted by atomic mass is 9.71. The predicted octanol–water partition coefficient (Wildman–Crippen LogP) is 4.13. The Balaban J connectivity index is 1.45. The quantitative estimate of drug-likeness (QED) is 0.613. The van der Waals surface area contributed by atoms with E-state index < -0.39 is 0 Å². The number of carbonyl (C=O) groups excluding carboxylic acids is 1. The third-order valence-corrected chi connectivity index (χ3v) is 7.08. The number of rotatable bonds is 1. The van der Waals surface area contributed by atoms with E-state index in [1.165, 1.54) is 24.0 Å². The van der Waals surface area contributed by atoms with Crippen molar-refractivity contribution >= 4 is 11.6 Å². The summed E-state index contributed by atoms with van der Waals surface area (Å²) in [7, 11) is 0. The molecule has 0 saturated heterocycles. The third kappa shape index (κ3) is 2.56. The van der Waals surface area contributed by atoms with Crippen LogP contribution in [0, 0.1) is 0 Å². The van der Waals surface area contributed by atoms with Crippen molar-refractivity contribution in [3.8, 4) is 11.5 Å². The maximum absolute atomic E-state index is 13.6. The number of carbonyl (C=O) groups is 1. The molecule has 6 rings (SSSR count). The minimum absolute atomic E-state index is 0.00184. The Bertz CT molecular complexity index is 1110. The summed E-state index contributed by atoms with van der Waals surface area (Å²) in [5.74, 6) is 1.64. The molecular formula is C24H25N3O3. The first-order valence-electron chi connectivity index (χ1n) is 10.8. The molecule has 3 aliphatic rings. The van der Waals surface area contributed by atoms with Gasteiger partial charge in [-0.05, 0) is 55.2 Å². The van der Waals surface area contributed by atoms with Gasteiger partial charge >= 0.3 is 0 Å². The Morgan fingerprint density at radius 2 is 1.90 bits per heavy atom. The molecule has 1 fully saturated rings. The van der Waals surface area contributed by atoms with Crippen LogP contribution in [-0.2, 0) is 5.41 Å². The zero-order valence-electron chi connectivity index (χ0n) is 17.1. The van der Waals surface area contributed by atoms with Crippen LogP contribution in [0.15, 0.2) is 42.7 Å². The average molecular weight is 403 g/mol. The van der Waals surface area contributed by atoms with E-state index in [-0.39, 0.29) is 17.4 Å². The molecule has 1 unspecified atom stereocenters. The summed E-state index contributed by atoms with van der Waals surface area (Å²) in [6.45, 7) is 4.00. The van der Waals surface area contributed by atoms with Gasteiger partial charge in [0.25, 0.3) is 5.91 Å². The predicted molar refractivity (Wildman–Crippen MR) is 112 cm³/mol. The van der Waals surface area contributed by atoms with Gasteiger partial charge in [0, 0.05) is 24.4 Å². The lowest BCUT2D eigenvalue weighted by molar-refractivity contribution is 0.0588. The van der Waals surface area contributed by atoms with Crippen LogP contribution in [0.2, 0.25) is 0 Å². The molecule has 0 N–H and O–H groups in total. The van der Waals surface area contributed by atoms with E-state index in [1.807, 2.05) is 39.9 Å². The van der Waals surface area contributed by atoms with Gasteiger partial charge in [-0.15, -0.1) is 0 Å². The highest BCUT2D eigenvalue weighted by molar-refractivity contribution is 5.93. The van der Waals surface area contributed by atoms with Crippen LogP contribution in [0.1, 0.15) is 60.3 Å². The average Bonchev–Trinajstić information content (AvgIpc) is 3.42. The summed E-state index contributed by atoms with van der Waals surface area (Å²) in [5, 5.41) is 0. The van der Waals surface area contributed by atoms with Crippen LogP contribution < -0.4 is 9.47 Å². The fourth-order valence-electron chi connectivity index (χ4n) is 5.54. The lowest BCUT2D eigenvalue weighted by Crippen LogP contribution is -2.48. The Kier molecular flexibility index (Phi) is 3.85. The van der Waals surface area contributed by atoms with Crippen molar-refractivity contribution in [2.75, 3.05) is 19.8 Å². The van der Waals surface area contributed by atoms with Gasteiger partial charge in [0.2, 0.25) is 0 Å². The number of hydrogen-bond donors (Lipinski definition) is 0. The Morgan fingerprint density at radius 3 is 2.67 bits per heavy atom. The van der Waals surface area contributed by atoms with Crippen LogP contribution in [-0.4, -0.2) is 40.0 Å². The first-order valence-corrected chi connectivity index (χ1v) is 10.8. The highest BCUT2D eigenvalue weighted by Gasteiger charge is 2.46. The monoisotopic (exact) mass is 403 g/mol. The second-order valence-electron chi connectivity index (χ2n) is 8.77. The van der Waals surface area contributed by atoms with Crippen LogP contribution >= 0.6 is 0 Å². The SMILES string of the molecule is CC1c2cc3c(cc2C2(CCCC2)CN1C(=O)c1cn2ccccc2n1)OCCO3. The molecule has 1 amide bonds. The second-order valence-corrected chi connectivity index (χ2v) is 8.77. The van der Waals surface area contributed by atoms with E-state index in [2.05, 4.69) is 24.0 Å². The van der Waals surface area contributed by atoms with Gasteiger partial charge in [-0.3, -0.25) is 4.79 Å². The first kappa shape index (κ1) is 17.8. The van der Waals surface area contributed by atoms with Gasteiger partial charge < -0.3 is 18.8 Å². The molecule has 154 valence electrons. The van der Waals surface area contributed by atoms with Crippen molar-refractivity contribution in [1.82, 2.24) is 14.3 Å². The standard InChI is InChI=1S/C24H25N3O3/c1-16-17-12-20-21(30-11-10-29-20)13-18(17)24(7-3-4-8-24)15-27(16)23(28)19-14-26-9-5-2-6-22(26)25-19/h2,5-6,9,12-14,16H,3-4,7-8,10-11,15H2,1H3. The fraction of sp³-hybridized carbons (Fsp3) is 0.417. The van der Waals surface area contributed by atoms with Crippen molar-refractivity contribution in [3.63, 3.8) is 0 Å². The number of pyridine rings is 1. The van der Waals surface area contributed by atoms with Gasteiger partial charge in [-0.1, -0.05) is 18.9 Å². The normalized spacial score (nSPS) is 21.8. The number of imidazole rings is 1. The number of aromatic nitrogens is 2. The van der Waals surface area contributed by atoms with Crippen molar-refractivity contribution in [3.05, 3.63) is 59.5 Å². The summed E-state index contributed by atoms with van der Waals surface area (Å²) in [4.78, 5) is 20.2. The highest BCUT2D eigenvalue weighted by atomic mass is 16.6. The largest absolute Gasteiger partial charge is 0.486 e. The lowest BCUT2D eigenvalue weighted by Gasteiger charge is -2.46. The minimum Gasteiger partial charge on any atom is -0.486 e. The topological polar surface area (TPSA) is 56.1 Å². The zero-order valence-corrected chi connectivity index (χ0v) is 17.1. The Hall–Kier alpha value is -3.02. The molecule has 30 heavy (non-hydrogen) atoms. The van der Waals surface area contributed by atoms with E-state index in [4.69, 9.17) is 9.47 Å². The summed E-state index contributed by atoms with van der Waals surface area (Å²) in [6.07, 6.45) is 8.35. The summed E-state index contributed by atoms with van der Waals surface area (Å²) in [6, 6.07) is 10.1. The van der Waals surface area contributed by atoms with E-state index in [9.17, 15) is 4.79 Å². The van der Waals surface area contributed by atoms with Crippen LogP contribution in [0.3, 0.4) is 0 Å². The van der Waals surface area contributed by atoms with Crippen molar-refractivity contribution in [1.29, 1.82) is 0 Å². The van der Waals surface area contributed by atoms with Gasteiger partial charge in [0.15, 0.2) is 11.5 Å². The van der Waals surface area contributed by atoms with Gasteiger partial charge in [0.05, 0.1) is 6.04 Å². The maximum Gasteiger partial charge on any atom is 0.274 e. The Labute approximate surface area is 175 Å². The van der Waals surface area contributed by atoms with Crippen LogP contribution in [0.5, 0.6) is 11.5 Å². The number of amides is 1. The highest BCUT2D eigenvalue weighted by Crippen LogP contribution is 2.52. The number of benzene rings is 1. The van der Waals surface area contributed by atoms with Gasteiger partial charge in [-0.2, -0.15) is 0 Å². The van der Waals surface area contributed by atoms with E-state index in [0.29, 0.717) is 18.9 Å². The molecular weight excluding hydrogens is 378 g/mol. The molecule has 3 aromatic rings. The molecule has 1 spiro atoms. The Morgan fingerprint density at radius 1 is 1.13 bits per heavy atom. The molecule has 1 atom stereocenters. The fourth-order valence-corrected chi connectivity index (χ4v) is 5.54.